The summed E-state index contributed by atoms with van der Waals surface area (Å²) in [6.45, 7) is 2.55. The highest BCUT2D eigenvalue weighted by Gasteiger charge is 2.34. The molecule has 2 aliphatic rings. The number of sulfonamides is 1. The molecule has 1 amide bonds. The molecule has 1 atom stereocenters. The standard InChI is InChI=1S/C23H28N2O5S2/c1-2-30-23(27)20-18-12-6-7-13-19(18)31-22(20)24-21(26)16-9-8-14-25(15-16)32(28,29)17-10-4-3-5-11-17/h3-5,10-11,16H,2,6-9,12-15H2,1H3,(H,24,26)/t16-/m0/s1. The Hall–Kier alpha value is -2.23. The van der Waals surface area contributed by atoms with Gasteiger partial charge in [-0.3, -0.25) is 4.79 Å². The highest BCUT2D eigenvalue weighted by atomic mass is 32.2. The normalized spacial score (nSPS) is 19.2. The van der Waals surface area contributed by atoms with Crippen LogP contribution in [0.3, 0.4) is 0 Å². The fourth-order valence-electron chi connectivity index (χ4n) is 4.40. The molecule has 2 heterocycles. The summed E-state index contributed by atoms with van der Waals surface area (Å²) in [4.78, 5) is 27.2. The zero-order valence-electron chi connectivity index (χ0n) is 18.1. The van der Waals surface area contributed by atoms with Crippen LogP contribution in [0.5, 0.6) is 0 Å². The Labute approximate surface area is 192 Å². The van der Waals surface area contributed by atoms with Gasteiger partial charge in [0.1, 0.15) is 5.00 Å². The van der Waals surface area contributed by atoms with Gasteiger partial charge in [0.05, 0.1) is 23.0 Å². The van der Waals surface area contributed by atoms with E-state index >= 15 is 0 Å². The Morgan fingerprint density at radius 3 is 2.66 bits per heavy atom. The monoisotopic (exact) mass is 476 g/mol. The lowest BCUT2D eigenvalue weighted by Gasteiger charge is -2.31. The minimum absolute atomic E-state index is 0.128. The lowest BCUT2D eigenvalue weighted by Crippen LogP contribution is -2.43. The number of anilines is 1. The van der Waals surface area contributed by atoms with Gasteiger partial charge in [-0.15, -0.1) is 11.3 Å². The first-order valence-corrected chi connectivity index (χ1v) is 13.3. The molecular weight excluding hydrogens is 448 g/mol. The molecule has 172 valence electrons. The third-order valence-corrected chi connectivity index (χ3v) is 9.11. The van der Waals surface area contributed by atoms with Crippen LogP contribution in [0, 0.1) is 5.92 Å². The van der Waals surface area contributed by atoms with Crippen molar-refractivity contribution in [2.45, 2.75) is 50.3 Å². The van der Waals surface area contributed by atoms with Crippen LogP contribution in [-0.2, 0) is 32.4 Å². The van der Waals surface area contributed by atoms with E-state index in [0.717, 1.165) is 36.1 Å². The predicted octanol–water partition coefficient (Wildman–Crippen LogP) is 3.84. The molecule has 0 spiro atoms. The Bertz CT molecular complexity index is 1100. The first-order chi connectivity index (χ1) is 15.4. The maximum atomic E-state index is 13.1. The summed E-state index contributed by atoms with van der Waals surface area (Å²) in [7, 11) is -3.65. The van der Waals surface area contributed by atoms with E-state index in [-0.39, 0.29) is 24.0 Å². The summed E-state index contributed by atoms with van der Waals surface area (Å²) in [6, 6.07) is 8.29. The number of amides is 1. The summed E-state index contributed by atoms with van der Waals surface area (Å²) in [5.74, 6) is -1.13. The SMILES string of the molecule is CCOC(=O)c1c(NC(=O)[C@H]2CCCN(S(=O)(=O)c3ccccc3)C2)sc2c1CCCC2. The Morgan fingerprint density at radius 1 is 1.16 bits per heavy atom. The van der Waals surface area contributed by atoms with Gasteiger partial charge in [0.2, 0.25) is 15.9 Å². The molecule has 1 aliphatic heterocycles. The van der Waals surface area contributed by atoms with E-state index in [1.165, 1.54) is 15.6 Å². The van der Waals surface area contributed by atoms with E-state index in [9.17, 15) is 18.0 Å². The highest BCUT2D eigenvalue weighted by molar-refractivity contribution is 7.89. The van der Waals surface area contributed by atoms with Crippen molar-refractivity contribution >= 4 is 38.2 Å². The fraction of sp³-hybridized carbons (Fsp3) is 0.478. The molecule has 0 unspecified atom stereocenters. The molecule has 7 nitrogen and oxygen atoms in total. The van der Waals surface area contributed by atoms with Crippen LogP contribution in [0.4, 0.5) is 5.00 Å². The molecule has 9 heteroatoms. The van der Waals surface area contributed by atoms with Crippen molar-refractivity contribution in [1.29, 1.82) is 0 Å². The van der Waals surface area contributed by atoms with Gasteiger partial charge < -0.3 is 10.1 Å². The number of rotatable bonds is 6. The Balaban J connectivity index is 1.53. The number of hydrogen-bond acceptors (Lipinski definition) is 6. The number of carbonyl (C=O) groups excluding carboxylic acids is 2. The van der Waals surface area contributed by atoms with Crippen LogP contribution in [0.2, 0.25) is 0 Å². The zero-order valence-corrected chi connectivity index (χ0v) is 19.8. The molecule has 1 N–H and O–H groups in total. The first kappa shape index (κ1) is 22.9. The van der Waals surface area contributed by atoms with Crippen LogP contribution in [-0.4, -0.2) is 44.3 Å². The molecular formula is C23H28N2O5S2. The minimum atomic E-state index is -3.65. The van der Waals surface area contributed by atoms with Crippen LogP contribution in [0.25, 0.3) is 0 Å². The van der Waals surface area contributed by atoms with Gasteiger partial charge in [0.25, 0.3) is 0 Å². The number of piperidine rings is 1. The molecule has 1 fully saturated rings. The number of thiophene rings is 1. The third kappa shape index (κ3) is 4.60. The molecule has 0 radical (unpaired) electrons. The predicted molar refractivity (Wildman–Crippen MR) is 123 cm³/mol. The van der Waals surface area contributed by atoms with Crippen LogP contribution in [0.1, 0.15) is 53.4 Å². The number of hydrogen-bond donors (Lipinski definition) is 1. The molecule has 1 aromatic heterocycles. The van der Waals surface area contributed by atoms with Gasteiger partial charge in [-0.2, -0.15) is 4.31 Å². The van der Waals surface area contributed by atoms with Crippen LogP contribution in [0.15, 0.2) is 35.2 Å². The Morgan fingerprint density at radius 2 is 1.91 bits per heavy atom. The van der Waals surface area contributed by atoms with Gasteiger partial charge in [-0.1, -0.05) is 18.2 Å². The van der Waals surface area contributed by atoms with Crippen LogP contribution < -0.4 is 5.32 Å². The summed E-state index contributed by atoms with van der Waals surface area (Å²) >= 11 is 1.45. The second-order valence-corrected chi connectivity index (χ2v) is 11.2. The van der Waals surface area contributed by atoms with Gasteiger partial charge in [0, 0.05) is 18.0 Å². The van der Waals surface area contributed by atoms with Crippen LogP contribution >= 0.6 is 11.3 Å². The van der Waals surface area contributed by atoms with E-state index in [1.54, 1.807) is 37.3 Å². The van der Waals surface area contributed by atoms with Gasteiger partial charge in [-0.05, 0) is 63.1 Å². The number of aryl methyl sites for hydroxylation is 1. The molecule has 4 rings (SSSR count). The maximum Gasteiger partial charge on any atom is 0.341 e. The number of esters is 1. The largest absolute Gasteiger partial charge is 0.462 e. The van der Waals surface area contributed by atoms with Gasteiger partial charge >= 0.3 is 5.97 Å². The van der Waals surface area contributed by atoms with Gasteiger partial charge in [-0.25, -0.2) is 13.2 Å². The Kier molecular flexibility index (Phi) is 6.97. The van der Waals surface area contributed by atoms with Crippen molar-refractivity contribution in [1.82, 2.24) is 4.31 Å². The molecule has 2 aromatic rings. The van der Waals surface area contributed by atoms with E-state index < -0.39 is 21.9 Å². The van der Waals surface area contributed by atoms with E-state index in [1.807, 2.05) is 0 Å². The maximum absolute atomic E-state index is 13.1. The lowest BCUT2D eigenvalue weighted by atomic mass is 9.95. The fourth-order valence-corrected chi connectivity index (χ4v) is 7.23. The van der Waals surface area contributed by atoms with Crippen molar-refractivity contribution in [3.63, 3.8) is 0 Å². The van der Waals surface area contributed by atoms with Crippen molar-refractivity contribution < 1.29 is 22.7 Å². The second kappa shape index (κ2) is 9.72. The third-order valence-electron chi connectivity index (χ3n) is 6.02. The first-order valence-electron chi connectivity index (χ1n) is 11.1. The molecule has 1 aliphatic carbocycles. The number of ether oxygens (including phenoxy) is 1. The molecule has 1 saturated heterocycles. The highest BCUT2D eigenvalue weighted by Crippen LogP contribution is 2.39. The topological polar surface area (TPSA) is 92.8 Å². The average Bonchev–Trinajstić information content (AvgIpc) is 3.17. The number of fused-ring (bicyclic) bond motifs is 1. The number of nitrogens with zero attached hydrogens (tertiary/aromatic N) is 1. The lowest BCUT2D eigenvalue weighted by molar-refractivity contribution is -0.120. The summed E-state index contributed by atoms with van der Waals surface area (Å²) in [5, 5.41) is 3.48. The van der Waals surface area contributed by atoms with Crippen molar-refractivity contribution in [2.75, 3.05) is 25.0 Å². The quantitative estimate of drug-likeness (QED) is 0.640. The smallest absolute Gasteiger partial charge is 0.341 e. The summed E-state index contributed by atoms with van der Waals surface area (Å²) < 4.78 is 32.6. The van der Waals surface area contributed by atoms with E-state index in [4.69, 9.17) is 4.74 Å². The summed E-state index contributed by atoms with van der Waals surface area (Å²) in [6.07, 6.45) is 5.00. The van der Waals surface area contributed by atoms with E-state index in [2.05, 4.69) is 5.32 Å². The van der Waals surface area contributed by atoms with Crippen molar-refractivity contribution in [3.05, 3.63) is 46.3 Å². The molecule has 0 saturated carbocycles. The van der Waals surface area contributed by atoms with Crippen molar-refractivity contribution in [3.8, 4) is 0 Å². The number of carbonyl (C=O) groups is 2. The molecule has 1 aromatic carbocycles. The summed E-state index contributed by atoms with van der Waals surface area (Å²) in [5.41, 5.74) is 1.47. The van der Waals surface area contributed by atoms with E-state index in [0.29, 0.717) is 30.0 Å². The number of benzene rings is 1. The number of nitrogens with one attached hydrogen (secondary N) is 1. The second-order valence-electron chi connectivity index (χ2n) is 8.14. The zero-order chi connectivity index (χ0) is 22.7. The average molecular weight is 477 g/mol. The van der Waals surface area contributed by atoms with Crippen molar-refractivity contribution in [2.24, 2.45) is 5.92 Å². The van der Waals surface area contributed by atoms with Gasteiger partial charge in [0.15, 0.2) is 0 Å². The minimum Gasteiger partial charge on any atom is -0.462 e. The molecule has 0 bridgehead atoms. The molecule has 32 heavy (non-hydrogen) atoms.